The minimum atomic E-state index is -0.814. The lowest BCUT2D eigenvalue weighted by Gasteiger charge is -2.30. The predicted octanol–water partition coefficient (Wildman–Crippen LogP) is 2.85. The van der Waals surface area contributed by atoms with Gasteiger partial charge in [0, 0.05) is 22.9 Å². The van der Waals surface area contributed by atoms with Gasteiger partial charge in [-0.1, -0.05) is 29.2 Å². The molecule has 1 saturated heterocycles. The maximum atomic E-state index is 13.6. The van der Waals surface area contributed by atoms with E-state index in [1.165, 1.54) is 37.4 Å². The van der Waals surface area contributed by atoms with Crippen LogP contribution < -0.4 is 14.5 Å². The highest BCUT2D eigenvalue weighted by Gasteiger charge is 2.56. The van der Waals surface area contributed by atoms with Gasteiger partial charge in [0.2, 0.25) is 11.8 Å². The number of fused-ring (bicyclic) bond motifs is 2. The van der Waals surface area contributed by atoms with Gasteiger partial charge >= 0.3 is 4.87 Å². The van der Waals surface area contributed by atoms with E-state index in [1.807, 2.05) is 0 Å². The molecule has 12 heteroatoms. The number of nitrogens with one attached hydrogen (secondary N) is 1. The number of methoxy groups -OCH3 is 1. The average molecular weight is 485 g/mol. The molecule has 0 saturated carbocycles. The van der Waals surface area contributed by atoms with Crippen LogP contribution in [0.1, 0.15) is 16.4 Å². The molecule has 1 aromatic heterocycles. The van der Waals surface area contributed by atoms with Crippen molar-refractivity contribution in [2.24, 2.45) is 5.92 Å². The standard InChI is InChI=1S/C21H15N3O7S2/c1-31-13-8-9(2-7-12(13)25)14-15-17(32-18-16(14)33-21(28)22-18)20(27)23(19(15)26)10-3-5-11(6-4-10)24(29)30/h2-8,14-15,17,25H,1H3,(H,22,28)/t14-,15-,17+/m0/s1. The number of H-pyrrole nitrogens is 1. The molecule has 3 atom stereocenters. The van der Waals surface area contributed by atoms with E-state index in [2.05, 4.69) is 4.98 Å². The molecular weight excluding hydrogens is 470 g/mol. The molecular formula is C21H15N3O7S2. The highest BCUT2D eigenvalue weighted by atomic mass is 32.2. The number of nitrogens with zero attached hydrogens (tertiary/aromatic N) is 2. The van der Waals surface area contributed by atoms with Gasteiger partial charge in [-0.2, -0.15) is 0 Å². The Labute approximate surface area is 194 Å². The second-order valence-electron chi connectivity index (χ2n) is 7.47. The fraction of sp³-hybridized carbons (Fsp3) is 0.190. The molecule has 0 spiro atoms. The van der Waals surface area contributed by atoms with Crippen molar-refractivity contribution in [2.45, 2.75) is 16.2 Å². The van der Waals surface area contributed by atoms with E-state index in [9.17, 15) is 29.6 Å². The average Bonchev–Trinajstić information content (AvgIpc) is 3.29. The van der Waals surface area contributed by atoms with Crippen molar-refractivity contribution in [3.05, 3.63) is 72.7 Å². The van der Waals surface area contributed by atoms with Gasteiger partial charge in [-0.15, -0.1) is 0 Å². The van der Waals surface area contributed by atoms with E-state index in [0.29, 0.717) is 15.5 Å². The largest absolute Gasteiger partial charge is 0.504 e. The summed E-state index contributed by atoms with van der Waals surface area (Å²) in [6.07, 6.45) is 0. The number of thioether (sulfide) groups is 1. The maximum absolute atomic E-state index is 13.6. The number of carbonyl (C=O) groups is 2. The molecule has 2 amide bonds. The van der Waals surface area contributed by atoms with Gasteiger partial charge < -0.3 is 14.8 Å². The second kappa shape index (κ2) is 7.74. The molecule has 1 fully saturated rings. The molecule has 0 aliphatic carbocycles. The molecule has 0 radical (unpaired) electrons. The summed E-state index contributed by atoms with van der Waals surface area (Å²) in [5.41, 5.74) is 0.700. The third kappa shape index (κ3) is 3.29. The zero-order valence-electron chi connectivity index (χ0n) is 16.9. The molecule has 33 heavy (non-hydrogen) atoms. The first-order valence-electron chi connectivity index (χ1n) is 9.69. The molecule has 3 heterocycles. The number of phenolic OH excluding ortho intramolecular Hbond substituents is 1. The lowest BCUT2D eigenvalue weighted by molar-refractivity contribution is -0.384. The van der Waals surface area contributed by atoms with Gasteiger partial charge in [-0.25, -0.2) is 4.90 Å². The number of anilines is 1. The zero-order chi connectivity index (χ0) is 23.4. The van der Waals surface area contributed by atoms with Crippen molar-refractivity contribution in [2.75, 3.05) is 12.0 Å². The Morgan fingerprint density at radius 2 is 1.85 bits per heavy atom. The van der Waals surface area contributed by atoms with Crippen LogP contribution in [-0.4, -0.2) is 39.2 Å². The number of amides is 2. The fourth-order valence-electron chi connectivity index (χ4n) is 4.24. The van der Waals surface area contributed by atoms with Crippen LogP contribution in [0.4, 0.5) is 11.4 Å². The maximum Gasteiger partial charge on any atom is 0.305 e. The Morgan fingerprint density at radius 3 is 2.52 bits per heavy atom. The lowest BCUT2D eigenvalue weighted by Crippen LogP contribution is -2.32. The Hall–Kier alpha value is -3.64. The third-order valence-electron chi connectivity index (χ3n) is 5.71. The first kappa shape index (κ1) is 21.2. The quantitative estimate of drug-likeness (QED) is 0.326. The third-order valence-corrected chi connectivity index (χ3v) is 8.11. The SMILES string of the molecule is COc1cc([C@@H]2c3sc(=O)[nH]c3S[C@H]3C(=O)N(c4ccc([N+](=O)[O-])cc4)C(=O)[C@@H]23)ccc1O. The van der Waals surface area contributed by atoms with Gasteiger partial charge in [0.1, 0.15) is 5.25 Å². The Morgan fingerprint density at radius 1 is 1.12 bits per heavy atom. The van der Waals surface area contributed by atoms with E-state index in [1.54, 1.807) is 12.1 Å². The fourth-order valence-corrected chi connectivity index (χ4v) is 6.76. The van der Waals surface area contributed by atoms with Crippen molar-refractivity contribution in [3.63, 3.8) is 0 Å². The highest BCUT2D eigenvalue weighted by molar-refractivity contribution is 8.00. The number of nitro groups is 1. The van der Waals surface area contributed by atoms with Crippen LogP contribution in [0.15, 0.2) is 52.3 Å². The van der Waals surface area contributed by atoms with Gasteiger partial charge in [0.25, 0.3) is 5.69 Å². The van der Waals surface area contributed by atoms with Crippen molar-refractivity contribution in [3.8, 4) is 11.5 Å². The number of imide groups is 1. The summed E-state index contributed by atoms with van der Waals surface area (Å²) in [4.78, 5) is 53.6. The Balaban J connectivity index is 1.62. The molecule has 10 nitrogen and oxygen atoms in total. The van der Waals surface area contributed by atoms with Crippen LogP contribution in [0.25, 0.3) is 0 Å². The summed E-state index contributed by atoms with van der Waals surface area (Å²) in [6.45, 7) is 0. The number of nitro benzene ring substituents is 1. The lowest BCUT2D eigenvalue weighted by atomic mass is 9.83. The number of rotatable bonds is 4. The summed E-state index contributed by atoms with van der Waals surface area (Å²) < 4.78 is 5.21. The number of non-ortho nitro benzene ring substituents is 1. The smallest absolute Gasteiger partial charge is 0.305 e. The number of benzene rings is 2. The summed E-state index contributed by atoms with van der Waals surface area (Å²) >= 11 is 2.11. The Kier molecular flexibility index (Phi) is 4.98. The van der Waals surface area contributed by atoms with Gasteiger partial charge in [-0.3, -0.25) is 24.5 Å². The van der Waals surface area contributed by atoms with Crippen LogP contribution in [0.5, 0.6) is 11.5 Å². The van der Waals surface area contributed by atoms with Gasteiger partial charge in [0.15, 0.2) is 11.5 Å². The molecule has 2 aliphatic heterocycles. The number of thiazole rings is 1. The number of ether oxygens (including phenoxy) is 1. The molecule has 0 unspecified atom stereocenters. The number of aromatic amines is 1. The van der Waals surface area contributed by atoms with Crippen LogP contribution in [0.2, 0.25) is 0 Å². The number of aromatic nitrogens is 1. The number of hydrogen-bond donors (Lipinski definition) is 2. The topological polar surface area (TPSA) is 143 Å². The minimum Gasteiger partial charge on any atom is -0.504 e. The van der Waals surface area contributed by atoms with Crippen molar-refractivity contribution >= 4 is 46.3 Å². The van der Waals surface area contributed by atoms with Crippen molar-refractivity contribution in [1.29, 1.82) is 0 Å². The molecule has 3 aromatic rings. The van der Waals surface area contributed by atoms with Gasteiger partial charge in [-0.05, 0) is 29.8 Å². The first-order chi connectivity index (χ1) is 15.8. The number of phenols is 1. The summed E-state index contributed by atoms with van der Waals surface area (Å²) in [6, 6.07) is 9.88. The zero-order valence-corrected chi connectivity index (χ0v) is 18.5. The first-order valence-corrected chi connectivity index (χ1v) is 11.4. The molecule has 2 N–H and O–H groups in total. The number of hydrogen-bond acceptors (Lipinski definition) is 9. The summed E-state index contributed by atoms with van der Waals surface area (Å²) in [5.74, 6) is -2.23. The van der Waals surface area contributed by atoms with Crippen LogP contribution >= 0.6 is 23.1 Å². The molecule has 0 bridgehead atoms. The van der Waals surface area contributed by atoms with Crippen LogP contribution in [0, 0.1) is 16.0 Å². The Bertz CT molecular complexity index is 1360. The summed E-state index contributed by atoms with van der Waals surface area (Å²) in [7, 11) is 1.40. The second-order valence-corrected chi connectivity index (χ2v) is 9.63. The highest BCUT2D eigenvalue weighted by Crippen LogP contribution is 2.53. The molecule has 5 rings (SSSR count). The normalized spacial score (nSPS) is 21.6. The molecule has 168 valence electrons. The molecule has 2 aliphatic rings. The van der Waals surface area contributed by atoms with E-state index >= 15 is 0 Å². The molecule has 2 aromatic carbocycles. The monoisotopic (exact) mass is 485 g/mol. The van der Waals surface area contributed by atoms with Crippen molar-refractivity contribution in [1.82, 2.24) is 4.98 Å². The van der Waals surface area contributed by atoms with Crippen LogP contribution in [-0.2, 0) is 9.59 Å². The van der Waals surface area contributed by atoms with E-state index in [0.717, 1.165) is 28.0 Å². The van der Waals surface area contributed by atoms with E-state index < -0.39 is 33.8 Å². The minimum absolute atomic E-state index is 0.0770. The summed E-state index contributed by atoms with van der Waals surface area (Å²) in [5, 5.41) is 20.7. The van der Waals surface area contributed by atoms with E-state index in [-0.39, 0.29) is 27.7 Å². The number of aromatic hydroxyl groups is 1. The van der Waals surface area contributed by atoms with Gasteiger partial charge in [0.05, 0.1) is 28.7 Å². The van der Waals surface area contributed by atoms with Crippen molar-refractivity contribution < 1.29 is 24.4 Å². The van der Waals surface area contributed by atoms with E-state index in [4.69, 9.17) is 4.74 Å². The predicted molar refractivity (Wildman–Crippen MR) is 120 cm³/mol. The van der Waals surface area contributed by atoms with Crippen LogP contribution in [0.3, 0.4) is 0 Å². The number of carbonyl (C=O) groups excluding carboxylic acids is 2.